The Kier molecular flexibility index (Phi) is 3.38. The SMILES string of the molecule is CC1(C)c2ccccc2-c2ccc(-c3ccc(B(O)O)cc3)cc21. The molecule has 4 rings (SSSR count). The van der Waals surface area contributed by atoms with Gasteiger partial charge in [-0.3, -0.25) is 0 Å². The molecule has 0 unspecified atom stereocenters. The average Bonchev–Trinajstić information content (AvgIpc) is 2.83. The fourth-order valence-corrected chi connectivity index (χ4v) is 3.73. The maximum absolute atomic E-state index is 9.24. The molecule has 0 heterocycles. The number of hydrogen-bond acceptors (Lipinski definition) is 2. The van der Waals surface area contributed by atoms with E-state index in [1.807, 2.05) is 12.1 Å². The van der Waals surface area contributed by atoms with Crippen LogP contribution < -0.4 is 5.46 Å². The molecule has 24 heavy (non-hydrogen) atoms. The molecular formula is C21H19BO2. The lowest BCUT2D eigenvalue weighted by Crippen LogP contribution is -2.29. The van der Waals surface area contributed by atoms with Crippen LogP contribution >= 0.6 is 0 Å². The monoisotopic (exact) mass is 314 g/mol. The molecule has 0 bridgehead atoms. The Morgan fingerprint density at radius 3 is 2.04 bits per heavy atom. The molecule has 3 aromatic carbocycles. The summed E-state index contributed by atoms with van der Waals surface area (Å²) in [5.41, 5.74) is 8.06. The second-order valence-electron chi connectivity index (χ2n) is 6.93. The second kappa shape index (κ2) is 5.33. The molecule has 0 aromatic heterocycles. The van der Waals surface area contributed by atoms with E-state index in [1.165, 1.54) is 22.3 Å². The van der Waals surface area contributed by atoms with Crippen molar-refractivity contribution in [2.45, 2.75) is 19.3 Å². The van der Waals surface area contributed by atoms with Gasteiger partial charge in [-0.15, -0.1) is 0 Å². The molecule has 2 N–H and O–H groups in total. The van der Waals surface area contributed by atoms with Gasteiger partial charge in [0.1, 0.15) is 0 Å². The highest BCUT2D eigenvalue weighted by Crippen LogP contribution is 2.49. The van der Waals surface area contributed by atoms with Gasteiger partial charge in [-0.1, -0.05) is 74.5 Å². The number of hydrogen-bond donors (Lipinski definition) is 2. The molecule has 1 aliphatic carbocycles. The minimum absolute atomic E-state index is 0.0107. The fraction of sp³-hybridized carbons (Fsp3) is 0.143. The zero-order valence-electron chi connectivity index (χ0n) is 13.8. The van der Waals surface area contributed by atoms with Gasteiger partial charge in [-0.25, -0.2) is 0 Å². The Balaban J connectivity index is 1.82. The number of benzene rings is 3. The summed E-state index contributed by atoms with van der Waals surface area (Å²) in [4.78, 5) is 0. The molecule has 0 fully saturated rings. The van der Waals surface area contributed by atoms with Gasteiger partial charge in [0.15, 0.2) is 0 Å². The first-order valence-electron chi connectivity index (χ1n) is 8.19. The predicted octanol–water partition coefficient (Wildman–Crippen LogP) is 3.34. The zero-order valence-corrected chi connectivity index (χ0v) is 13.8. The van der Waals surface area contributed by atoms with E-state index >= 15 is 0 Å². The van der Waals surface area contributed by atoms with Gasteiger partial charge in [0.25, 0.3) is 0 Å². The molecule has 1 aliphatic rings. The summed E-state index contributed by atoms with van der Waals surface area (Å²) in [6.45, 7) is 4.54. The summed E-state index contributed by atoms with van der Waals surface area (Å²) in [6.07, 6.45) is 0. The highest BCUT2D eigenvalue weighted by molar-refractivity contribution is 6.58. The van der Waals surface area contributed by atoms with Crippen LogP contribution in [0.15, 0.2) is 66.7 Å². The van der Waals surface area contributed by atoms with Crippen LogP contribution in [0.4, 0.5) is 0 Å². The van der Waals surface area contributed by atoms with Crippen molar-refractivity contribution in [2.75, 3.05) is 0 Å². The summed E-state index contributed by atoms with van der Waals surface area (Å²) in [5, 5.41) is 18.5. The molecule has 0 aliphatic heterocycles. The van der Waals surface area contributed by atoms with Crippen LogP contribution in [0.25, 0.3) is 22.3 Å². The molecule has 118 valence electrons. The van der Waals surface area contributed by atoms with E-state index in [0.29, 0.717) is 5.46 Å². The standard InChI is InChI=1S/C21H19BO2/c1-21(2)19-6-4-3-5-17(19)18-12-9-15(13-20(18)21)14-7-10-16(11-8-14)22(23)24/h3-13,23-24H,1-2H3. The van der Waals surface area contributed by atoms with Gasteiger partial charge < -0.3 is 10.0 Å². The molecule has 3 aromatic rings. The Morgan fingerprint density at radius 2 is 1.33 bits per heavy atom. The third-order valence-electron chi connectivity index (χ3n) is 5.13. The summed E-state index contributed by atoms with van der Waals surface area (Å²) in [6, 6.07) is 22.6. The Hall–Kier alpha value is -2.36. The molecular weight excluding hydrogens is 295 g/mol. The minimum atomic E-state index is -1.42. The van der Waals surface area contributed by atoms with Crippen LogP contribution in [0.3, 0.4) is 0 Å². The number of rotatable bonds is 2. The van der Waals surface area contributed by atoms with Crippen molar-refractivity contribution in [1.29, 1.82) is 0 Å². The maximum atomic E-state index is 9.24. The summed E-state index contributed by atoms with van der Waals surface area (Å²) >= 11 is 0. The van der Waals surface area contributed by atoms with E-state index in [2.05, 4.69) is 56.3 Å². The van der Waals surface area contributed by atoms with E-state index in [9.17, 15) is 10.0 Å². The Bertz CT molecular complexity index is 911. The van der Waals surface area contributed by atoms with Crippen molar-refractivity contribution in [3.05, 3.63) is 77.9 Å². The third-order valence-corrected chi connectivity index (χ3v) is 5.13. The fourth-order valence-electron chi connectivity index (χ4n) is 3.73. The van der Waals surface area contributed by atoms with Crippen LogP contribution in [-0.2, 0) is 5.41 Å². The number of fused-ring (bicyclic) bond motifs is 3. The highest BCUT2D eigenvalue weighted by atomic mass is 16.4. The van der Waals surface area contributed by atoms with Gasteiger partial charge in [0.2, 0.25) is 0 Å². The highest BCUT2D eigenvalue weighted by Gasteiger charge is 2.35. The summed E-state index contributed by atoms with van der Waals surface area (Å²) in [5.74, 6) is 0. The summed E-state index contributed by atoms with van der Waals surface area (Å²) in [7, 11) is -1.42. The van der Waals surface area contributed by atoms with E-state index < -0.39 is 7.12 Å². The van der Waals surface area contributed by atoms with Gasteiger partial charge in [0.05, 0.1) is 0 Å². The van der Waals surface area contributed by atoms with Crippen molar-refractivity contribution >= 4 is 12.6 Å². The smallest absolute Gasteiger partial charge is 0.423 e. The van der Waals surface area contributed by atoms with Crippen molar-refractivity contribution < 1.29 is 10.0 Å². The van der Waals surface area contributed by atoms with Crippen LogP contribution in [-0.4, -0.2) is 17.2 Å². The quantitative estimate of drug-likeness (QED) is 0.712. The molecule has 3 heteroatoms. The lowest BCUT2D eigenvalue weighted by molar-refractivity contribution is 0.426. The normalized spacial score (nSPS) is 14.2. The first-order valence-corrected chi connectivity index (χ1v) is 8.19. The third kappa shape index (κ3) is 2.21. The molecule has 0 radical (unpaired) electrons. The minimum Gasteiger partial charge on any atom is -0.423 e. The van der Waals surface area contributed by atoms with Crippen LogP contribution in [0.1, 0.15) is 25.0 Å². The Morgan fingerprint density at radius 1 is 0.708 bits per heavy atom. The van der Waals surface area contributed by atoms with Gasteiger partial charge in [-0.05, 0) is 44.9 Å². The second-order valence-corrected chi connectivity index (χ2v) is 6.93. The van der Waals surface area contributed by atoms with E-state index in [4.69, 9.17) is 0 Å². The Labute approximate surface area is 142 Å². The van der Waals surface area contributed by atoms with Gasteiger partial charge in [-0.2, -0.15) is 0 Å². The molecule has 0 atom stereocenters. The molecule has 0 spiro atoms. The molecule has 0 saturated carbocycles. The van der Waals surface area contributed by atoms with Crippen LogP contribution in [0.5, 0.6) is 0 Å². The van der Waals surface area contributed by atoms with E-state index in [0.717, 1.165) is 11.1 Å². The van der Waals surface area contributed by atoms with Gasteiger partial charge in [0, 0.05) is 5.41 Å². The van der Waals surface area contributed by atoms with E-state index in [1.54, 1.807) is 12.1 Å². The first-order chi connectivity index (χ1) is 11.5. The predicted molar refractivity (Wildman–Crippen MR) is 99.3 cm³/mol. The van der Waals surface area contributed by atoms with Crippen molar-refractivity contribution in [3.63, 3.8) is 0 Å². The van der Waals surface area contributed by atoms with Crippen molar-refractivity contribution in [1.82, 2.24) is 0 Å². The lowest BCUT2D eigenvalue weighted by atomic mass is 9.79. The average molecular weight is 314 g/mol. The molecule has 0 amide bonds. The maximum Gasteiger partial charge on any atom is 0.488 e. The van der Waals surface area contributed by atoms with Crippen molar-refractivity contribution in [2.24, 2.45) is 0 Å². The van der Waals surface area contributed by atoms with Crippen LogP contribution in [0, 0.1) is 0 Å². The van der Waals surface area contributed by atoms with Crippen molar-refractivity contribution in [3.8, 4) is 22.3 Å². The molecule has 0 saturated heterocycles. The largest absolute Gasteiger partial charge is 0.488 e. The molecule has 2 nitrogen and oxygen atoms in total. The topological polar surface area (TPSA) is 40.5 Å². The van der Waals surface area contributed by atoms with E-state index in [-0.39, 0.29) is 5.41 Å². The first kappa shape index (κ1) is 15.2. The van der Waals surface area contributed by atoms with Crippen LogP contribution in [0.2, 0.25) is 0 Å². The summed E-state index contributed by atoms with van der Waals surface area (Å²) < 4.78 is 0. The van der Waals surface area contributed by atoms with Gasteiger partial charge >= 0.3 is 7.12 Å². The lowest BCUT2D eigenvalue weighted by Gasteiger charge is -2.22. The zero-order chi connectivity index (χ0) is 16.9.